The summed E-state index contributed by atoms with van der Waals surface area (Å²) in [6.45, 7) is 0. The quantitative estimate of drug-likeness (QED) is 0.846. The van der Waals surface area contributed by atoms with Crippen molar-refractivity contribution in [2.45, 2.75) is 35.9 Å². The summed E-state index contributed by atoms with van der Waals surface area (Å²) < 4.78 is 44.9. The Morgan fingerprint density at radius 2 is 2.05 bits per heavy atom. The van der Waals surface area contributed by atoms with E-state index in [2.05, 4.69) is 5.16 Å². The van der Waals surface area contributed by atoms with Gasteiger partial charge in [0.05, 0.1) is 11.8 Å². The third kappa shape index (κ3) is 2.87. The van der Waals surface area contributed by atoms with Crippen LogP contribution in [0.2, 0.25) is 0 Å². The first-order valence-electron chi connectivity index (χ1n) is 6.79. The molecule has 3 rings (SSSR count). The van der Waals surface area contributed by atoms with Gasteiger partial charge in [0, 0.05) is 16.4 Å². The maximum atomic E-state index is 13.3. The van der Waals surface area contributed by atoms with E-state index in [4.69, 9.17) is 4.52 Å². The average Bonchev–Trinajstić information content (AvgIpc) is 3.22. The van der Waals surface area contributed by atoms with Crippen molar-refractivity contribution >= 4 is 11.8 Å². The molecule has 3 nitrogen and oxygen atoms in total. The van der Waals surface area contributed by atoms with Gasteiger partial charge in [-0.3, -0.25) is 0 Å². The number of hydrogen-bond acceptors (Lipinski definition) is 4. The Labute approximate surface area is 129 Å². The van der Waals surface area contributed by atoms with Gasteiger partial charge in [-0.2, -0.15) is 13.2 Å². The fourth-order valence-corrected chi connectivity index (χ4v) is 2.87. The zero-order chi connectivity index (χ0) is 15.9. The molecule has 0 aliphatic heterocycles. The van der Waals surface area contributed by atoms with Crippen molar-refractivity contribution in [1.29, 1.82) is 0 Å². The maximum absolute atomic E-state index is 13.3. The van der Waals surface area contributed by atoms with Gasteiger partial charge in [0.25, 0.3) is 0 Å². The summed E-state index contributed by atoms with van der Waals surface area (Å²) in [5, 5.41) is 14.1. The SMILES string of the molecule is CSc1ccc(C(O)c2cnoc2C2CC2)c(C(F)(F)F)c1. The summed E-state index contributed by atoms with van der Waals surface area (Å²) in [4.78, 5) is 0.496. The number of nitrogens with zero attached hydrogens (tertiary/aromatic N) is 1. The highest BCUT2D eigenvalue weighted by molar-refractivity contribution is 7.98. The van der Waals surface area contributed by atoms with E-state index < -0.39 is 17.8 Å². The molecule has 1 aliphatic rings. The first-order chi connectivity index (χ1) is 10.4. The summed E-state index contributed by atoms with van der Waals surface area (Å²) in [5.41, 5.74) is -0.671. The van der Waals surface area contributed by atoms with E-state index in [1.807, 2.05) is 0 Å². The van der Waals surface area contributed by atoms with Crippen molar-refractivity contribution in [2.24, 2.45) is 0 Å². The Kier molecular flexibility index (Phi) is 3.94. The van der Waals surface area contributed by atoms with Gasteiger partial charge < -0.3 is 9.63 Å². The number of aliphatic hydroxyl groups is 1. The Balaban J connectivity index is 2.04. The maximum Gasteiger partial charge on any atom is 0.416 e. The summed E-state index contributed by atoms with van der Waals surface area (Å²) in [7, 11) is 0. The van der Waals surface area contributed by atoms with Crippen LogP contribution >= 0.6 is 11.8 Å². The van der Waals surface area contributed by atoms with Crippen molar-refractivity contribution in [3.8, 4) is 0 Å². The molecular formula is C15H14F3NO2S. The highest BCUT2D eigenvalue weighted by Crippen LogP contribution is 2.45. The van der Waals surface area contributed by atoms with E-state index in [0.717, 1.165) is 18.9 Å². The van der Waals surface area contributed by atoms with E-state index >= 15 is 0 Å². The summed E-state index contributed by atoms with van der Waals surface area (Å²) in [5.74, 6) is 0.654. The van der Waals surface area contributed by atoms with Gasteiger partial charge in [-0.1, -0.05) is 11.2 Å². The highest BCUT2D eigenvalue weighted by atomic mass is 32.2. The lowest BCUT2D eigenvalue weighted by Gasteiger charge is -2.18. The molecule has 1 aromatic carbocycles. The molecule has 1 N–H and O–H groups in total. The number of thioether (sulfide) groups is 1. The third-order valence-corrected chi connectivity index (χ3v) is 4.46. The smallest absolute Gasteiger partial charge is 0.383 e. The fourth-order valence-electron chi connectivity index (χ4n) is 2.43. The van der Waals surface area contributed by atoms with Gasteiger partial charge in [-0.05, 0) is 36.8 Å². The molecule has 1 heterocycles. The second-order valence-electron chi connectivity index (χ2n) is 5.27. The summed E-state index contributed by atoms with van der Waals surface area (Å²) in [6, 6.07) is 3.96. The summed E-state index contributed by atoms with van der Waals surface area (Å²) >= 11 is 1.22. The highest BCUT2D eigenvalue weighted by Gasteiger charge is 2.38. The zero-order valence-corrected chi connectivity index (χ0v) is 12.5. The van der Waals surface area contributed by atoms with Crippen molar-refractivity contribution < 1.29 is 22.8 Å². The van der Waals surface area contributed by atoms with E-state index in [-0.39, 0.29) is 11.5 Å². The topological polar surface area (TPSA) is 46.3 Å². The first kappa shape index (κ1) is 15.4. The molecule has 0 spiro atoms. The van der Waals surface area contributed by atoms with Crippen LogP contribution in [0.5, 0.6) is 0 Å². The zero-order valence-electron chi connectivity index (χ0n) is 11.7. The molecule has 2 aromatic rings. The molecule has 1 aromatic heterocycles. The van der Waals surface area contributed by atoms with Gasteiger partial charge in [-0.25, -0.2) is 0 Å². The van der Waals surface area contributed by atoms with Crippen LogP contribution in [0.15, 0.2) is 33.8 Å². The van der Waals surface area contributed by atoms with E-state index in [1.165, 1.54) is 24.0 Å². The van der Waals surface area contributed by atoms with E-state index in [9.17, 15) is 18.3 Å². The molecule has 0 radical (unpaired) electrons. The molecule has 7 heteroatoms. The average molecular weight is 329 g/mol. The number of aromatic nitrogens is 1. The van der Waals surface area contributed by atoms with Crippen molar-refractivity contribution in [3.63, 3.8) is 0 Å². The lowest BCUT2D eigenvalue weighted by molar-refractivity contribution is -0.139. The van der Waals surface area contributed by atoms with Gasteiger partial charge in [0.1, 0.15) is 11.9 Å². The molecule has 1 unspecified atom stereocenters. The summed E-state index contributed by atoms with van der Waals surface area (Å²) in [6.07, 6.45) is -1.09. The standard InChI is InChI=1S/C15H14F3NO2S/c1-22-9-4-5-10(12(6-9)15(16,17)18)13(20)11-7-19-21-14(11)8-2-3-8/h4-8,13,20H,2-3H2,1H3. The second-order valence-corrected chi connectivity index (χ2v) is 6.15. The van der Waals surface area contributed by atoms with Crippen LogP contribution in [0.1, 0.15) is 47.3 Å². The predicted molar refractivity (Wildman–Crippen MR) is 75.8 cm³/mol. The number of hydrogen-bond donors (Lipinski definition) is 1. The van der Waals surface area contributed by atoms with Crippen LogP contribution in [0.4, 0.5) is 13.2 Å². The lowest BCUT2D eigenvalue weighted by Crippen LogP contribution is -2.13. The molecule has 1 atom stereocenters. The molecule has 22 heavy (non-hydrogen) atoms. The van der Waals surface area contributed by atoms with Crippen LogP contribution in [-0.2, 0) is 6.18 Å². The molecule has 1 saturated carbocycles. The molecule has 0 saturated heterocycles. The van der Waals surface area contributed by atoms with E-state index in [0.29, 0.717) is 16.2 Å². The molecule has 1 aliphatic carbocycles. The van der Waals surface area contributed by atoms with Crippen molar-refractivity contribution in [1.82, 2.24) is 5.16 Å². The molecule has 118 valence electrons. The third-order valence-electron chi connectivity index (χ3n) is 3.73. The minimum atomic E-state index is -4.53. The van der Waals surface area contributed by atoms with Crippen molar-refractivity contribution in [3.05, 3.63) is 46.8 Å². The molecule has 0 bridgehead atoms. The largest absolute Gasteiger partial charge is 0.416 e. The molecular weight excluding hydrogens is 315 g/mol. The Morgan fingerprint density at radius 1 is 1.32 bits per heavy atom. The van der Waals surface area contributed by atoms with Gasteiger partial charge in [0.2, 0.25) is 0 Å². The minimum absolute atomic E-state index is 0.159. The van der Waals surface area contributed by atoms with Crippen molar-refractivity contribution in [2.75, 3.05) is 6.26 Å². The van der Waals surface area contributed by atoms with Crippen LogP contribution in [0.3, 0.4) is 0 Å². The van der Waals surface area contributed by atoms with Crippen LogP contribution in [0.25, 0.3) is 0 Å². The number of aliphatic hydroxyl groups excluding tert-OH is 1. The minimum Gasteiger partial charge on any atom is -0.383 e. The Morgan fingerprint density at radius 3 is 2.64 bits per heavy atom. The normalized spacial score (nSPS) is 16.8. The second kappa shape index (κ2) is 5.62. The first-order valence-corrected chi connectivity index (χ1v) is 8.02. The lowest BCUT2D eigenvalue weighted by atomic mass is 9.96. The van der Waals surface area contributed by atoms with Crippen LogP contribution in [0, 0.1) is 0 Å². The number of benzene rings is 1. The molecule has 1 fully saturated rings. The van der Waals surface area contributed by atoms with E-state index in [1.54, 1.807) is 12.3 Å². The number of halogens is 3. The molecule has 0 amide bonds. The number of alkyl halides is 3. The van der Waals surface area contributed by atoms with Gasteiger partial charge >= 0.3 is 6.18 Å². The van der Waals surface area contributed by atoms with Gasteiger partial charge in [0.15, 0.2) is 0 Å². The van der Waals surface area contributed by atoms with Gasteiger partial charge in [-0.15, -0.1) is 11.8 Å². The number of rotatable bonds is 4. The Hall–Kier alpha value is -1.47. The van der Waals surface area contributed by atoms with Crippen LogP contribution < -0.4 is 0 Å². The predicted octanol–water partition coefficient (Wildman–Crippen LogP) is 4.37. The monoisotopic (exact) mass is 329 g/mol. The Bertz CT molecular complexity index is 680. The fraction of sp³-hybridized carbons (Fsp3) is 0.400. The van der Waals surface area contributed by atoms with Crippen LogP contribution in [-0.4, -0.2) is 16.5 Å².